The number of carbonyl (C=O) groups excluding carboxylic acids is 1. The van der Waals surface area contributed by atoms with Crippen molar-refractivity contribution < 1.29 is 13.6 Å². The van der Waals surface area contributed by atoms with Crippen molar-refractivity contribution in [2.45, 2.75) is 6.92 Å². The molecule has 128 valence electrons. The highest BCUT2D eigenvalue weighted by Gasteiger charge is 2.12. The van der Waals surface area contributed by atoms with Crippen LogP contribution >= 0.6 is 0 Å². The molecule has 0 saturated carbocycles. The second kappa shape index (κ2) is 6.44. The Bertz CT molecular complexity index is 1120. The van der Waals surface area contributed by atoms with Crippen molar-refractivity contribution in [2.24, 2.45) is 0 Å². The maximum absolute atomic E-state index is 13.4. The van der Waals surface area contributed by atoms with Crippen LogP contribution in [0.25, 0.3) is 22.6 Å². The fourth-order valence-electron chi connectivity index (χ4n) is 2.78. The zero-order chi connectivity index (χ0) is 18.1. The third kappa shape index (κ3) is 3.07. The average Bonchev–Trinajstić information content (AvgIpc) is 3.05. The average molecular weight is 346 g/mol. The first-order valence-electron chi connectivity index (χ1n) is 8.14. The first-order chi connectivity index (χ1) is 12.6. The van der Waals surface area contributed by atoms with Crippen LogP contribution < -0.4 is 5.32 Å². The van der Waals surface area contributed by atoms with Crippen molar-refractivity contribution >= 4 is 22.7 Å². The van der Waals surface area contributed by atoms with Gasteiger partial charge in [-0.15, -0.1) is 0 Å². The van der Waals surface area contributed by atoms with Gasteiger partial charge >= 0.3 is 0 Å². The molecule has 0 atom stereocenters. The standard InChI is InChI=1S/C21H15FN2O2/c1-13-5-2-3-8-17(13)20(25)23-16-9-10-19-18(12-16)24-21(26-19)14-6-4-7-15(22)11-14/h2-12H,1H3,(H,23,25). The Morgan fingerprint density at radius 3 is 2.69 bits per heavy atom. The molecule has 0 bridgehead atoms. The zero-order valence-electron chi connectivity index (χ0n) is 14.0. The summed E-state index contributed by atoms with van der Waals surface area (Å²) >= 11 is 0. The van der Waals surface area contributed by atoms with Crippen LogP contribution in [0, 0.1) is 12.7 Å². The topological polar surface area (TPSA) is 55.1 Å². The number of nitrogens with zero attached hydrogens (tertiary/aromatic N) is 1. The van der Waals surface area contributed by atoms with Crippen molar-refractivity contribution in [1.29, 1.82) is 0 Å². The van der Waals surface area contributed by atoms with Crippen LogP contribution in [0.3, 0.4) is 0 Å². The highest BCUT2D eigenvalue weighted by atomic mass is 19.1. The number of hydrogen-bond acceptors (Lipinski definition) is 3. The van der Waals surface area contributed by atoms with Gasteiger partial charge in [0.2, 0.25) is 5.89 Å². The molecule has 1 aromatic heterocycles. The quantitative estimate of drug-likeness (QED) is 0.555. The third-order valence-electron chi connectivity index (χ3n) is 4.11. The van der Waals surface area contributed by atoms with Crippen LogP contribution in [0.2, 0.25) is 0 Å². The van der Waals surface area contributed by atoms with E-state index < -0.39 is 0 Å². The number of anilines is 1. The number of hydrogen-bond donors (Lipinski definition) is 1. The van der Waals surface area contributed by atoms with Gasteiger partial charge in [-0.1, -0.05) is 24.3 Å². The zero-order valence-corrected chi connectivity index (χ0v) is 14.0. The lowest BCUT2D eigenvalue weighted by molar-refractivity contribution is 0.102. The molecule has 0 aliphatic rings. The van der Waals surface area contributed by atoms with E-state index in [1.54, 1.807) is 36.4 Å². The number of rotatable bonds is 3. The first kappa shape index (κ1) is 16.0. The molecular weight excluding hydrogens is 331 g/mol. The number of halogens is 1. The number of benzene rings is 3. The lowest BCUT2D eigenvalue weighted by Gasteiger charge is -2.07. The van der Waals surface area contributed by atoms with Gasteiger partial charge in [0.15, 0.2) is 5.58 Å². The van der Waals surface area contributed by atoms with E-state index in [4.69, 9.17) is 4.42 Å². The van der Waals surface area contributed by atoms with E-state index in [9.17, 15) is 9.18 Å². The number of amides is 1. The monoisotopic (exact) mass is 346 g/mol. The minimum absolute atomic E-state index is 0.184. The molecule has 0 saturated heterocycles. The SMILES string of the molecule is Cc1ccccc1C(=O)Nc1ccc2oc(-c3cccc(F)c3)nc2c1. The predicted molar refractivity (Wildman–Crippen MR) is 98.5 cm³/mol. The number of aryl methyl sites for hydroxylation is 1. The van der Waals surface area contributed by atoms with Gasteiger partial charge in [-0.05, 0) is 55.0 Å². The Labute approximate surface area is 149 Å². The van der Waals surface area contributed by atoms with Crippen LogP contribution in [-0.2, 0) is 0 Å². The molecule has 1 N–H and O–H groups in total. The highest BCUT2D eigenvalue weighted by molar-refractivity contribution is 6.05. The van der Waals surface area contributed by atoms with Gasteiger partial charge < -0.3 is 9.73 Å². The van der Waals surface area contributed by atoms with Gasteiger partial charge in [-0.2, -0.15) is 0 Å². The Morgan fingerprint density at radius 2 is 1.88 bits per heavy atom. The van der Waals surface area contributed by atoms with E-state index in [-0.39, 0.29) is 11.7 Å². The lowest BCUT2D eigenvalue weighted by atomic mass is 10.1. The van der Waals surface area contributed by atoms with Gasteiger partial charge in [-0.25, -0.2) is 9.37 Å². The molecule has 4 aromatic rings. The molecule has 4 nitrogen and oxygen atoms in total. The summed E-state index contributed by atoms with van der Waals surface area (Å²) in [6.07, 6.45) is 0. The Balaban J connectivity index is 1.64. The molecule has 26 heavy (non-hydrogen) atoms. The molecule has 0 aliphatic carbocycles. The summed E-state index contributed by atoms with van der Waals surface area (Å²) in [5, 5.41) is 2.87. The van der Waals surface area contributed by atoms with Crippen molar-refractivity contribution in [3.8, 4) is 11.5 Å². The second-order valence-electron chi connectivity index (χ2n) is 5.98. The first-order valence-corrected chi connectivity index (χ1v) is 8.14. The number of carbonyl (C=O) groups is 1. The number of oxazole rings is 1. The summed E-state index contributed by atoms with van der Waals surface area (Å²) in [5.74, 6) is -0.200. The van der Waals surface area contributed by atoms with E-state index in [0.29, 0.717) is 33.8 Å². The van der Waals surface area contributed by atoms with Crippen LogP contribution in [-0.4, -0.2) is 10.9 Å². The molecular formula is C21H15FN2O2. The number of fused-ring (bicyclic) bond motifs is 1. The van der Waals surface area contributed by atoms with Gasteiger partial charge in [0.25, 0.3) is 5.91 Å². The maximum Gasteiger partial charge on any atom is 0.255 e. The number of nitrogens with one attached hydrogen (secondary N) is 1. The minimum Gasteiger partial charge on any atom is -0.436 e. The van der Waals surface area contributed by atoms with Crippen LogP contribution in [0.15, 0.2) is 71.1 Å². The second-order valence-corrected chi connectivity index (χ2v) is 5.98. The van der Waals surface area contributed by atoms with Crippen LogP contribution in [0.1, 0.15) is 15.9 Å². The number of aromatic nitrogens is 1. The third-order valence-corrected chi connectivity index (χ3v) is 4.11. The molecule has 5 heteroatoms. The van der Waals surface area contributed by atoms with Crippen molar-refractivity contribution in [2.75, 3.05) is 5.32 Å². The summed E-state index contributed by atoms with van der Waals surface area (Å²) < 4.78 is 19.1. The smallest absolute Gasteiger partial charge is 0.255 e. The molecule has 0 unspecified atom stereocenters. The fraction of sp³-hybridized carbons (Fsp3) is 0.0476. The molecule has 0 fully saturated rings. The lowest BCUT2D eigenvalue weighted by Crippen LogP contribution is -2.13. The summed E-state index contributed by atoms with van der Waals surface area (Å²) in [7, 11) is 0. The van der Waals surface area contributed by atoms with Crippen molar-refractivity contribution in [3.63, 3.8) is 0 Å². The van der Waals surface area contributed by atoms with E-state index in [1.807, 2.05) is 25.1 Å². The summed E-state index contributed by atoms with van der Waals surface area (Å²) in [5.41, 5.74) is 3.86. The minimum atomic E-state index is -0.351. The van der Waals surface area contributed by atoms with E-state index >= 15 is 0 Å². The normalized spacial score (nSPS) is 10.8. The van der Waals surface area contributed by atoms with Gasteiger partial charge in [-0.3, -0.25) is 4.79 Å². The molecule has 1 heterocycles. The molecule has 3 aromatic carbocycles. The van der Waals surface area contributed by atoms with Crippen molar-refractivity contribution in [3.05, 3.63) is 83.7 Å². The predicted octanol–water partition coefficient (Wildman–Crippen LogP) is 5.19. The molecule has 1 amide bonds. The van der Waals surface area contributed by atoms with E-state index in [0.717, 1.165) is 5.56 Å². The molecule has 0 radical (unpaired) electrons. The van der Waals surface area contributed by atoms with Crippen molar-refractivity contribution in [1.82, 2.24) is 4.98 Å². The van der Waals surface area contributed by atoms with E-state index in [1.165, 1.54) is 12.1 Å². The van der Waals surface area contributed by atoms with Gasteiger partial charge in [0.1, 0.15) is 11.3 Å². The Kier molecular flexibility index (Phi) is 3.97. The van der Waals surface area contributed by atoms with Crippen LogP contribution in [0.5, 0.6) is 0 Å². The summed E-state index contributed by atoms with van der Waals surface area (Å²) in [6, 6.07) is 18.7. The van der Waals surface area contributed by atoms with Gasteiger partial charge in [0, 0.05) is 16.8 Å². The highest BCUT2D eigenvalue weighted by Crippen LogP contribution is 2.26. The van der Waals surface area contributed by atoms with Gasteiger partial charge in [0.05, 0.1) is 0 Å². The largest absolute Gasteiger partial charge is 0.436 e. The Morgan fingerprint density at radius 1 is 1.04 bits per heavy atom. The Hall–Kier alpha value is -3.47. The summed E-state index contributed by atoms with van der Waals surface area (Å²) in [6.45, 7) is 1.89. The molecule has 4 rings (SSSR count). The van der Waals surface area contributed by atoms with Crippen LogP contribution in [0.4, 0.5) is 10.1 Å². The molecule has 0 spiro atoms. The summed E-state index contributed by atoms with van der Waals surface area (Å²) in [4.78, 5) is 16.8. The van der Waals surface area contributed by atoms with E-state index in [2.05, 4.69) is 10.3 Å². The molecule has 0 aliphatic heterocycles. The maximum atomic E-state index is 13.4. The fourth-order valence-corrected chi connectivity index (χ4v) is 2.78.